The van der Waals surface area contributed by atoms with E-state index in [1.807, 2.05) is 42.1 Å². The third-order valence-electron chi connectivity index (χ3n) is 2.53. The predicted octanol–water partition coefficient (Wildman–Crippen LogP) is 3.91. The van der Waals surface area contributed by atoms with Gasteiger partial charge in [0.1, 0.15) is 0 Å². The van der Waals surface area contributed by atoms with Crippen molar-refractivity contribution in [2.75, 3.05) is 0 Å². The molecule has 0 bridgehead atoms. The summed E-state index contributed by atoms with van der Waals surface area (Å²) < 4.78 is 1.86. The molecular weight excluding hydrogens is 266 g/mol. The molecule has 2 rings (SSSR count). The fourth-order valence-corrected chi connectivity index (χ4v) is 2.55. The predicted molar refractivity (Wildman–Crippen MR) is 72.8 cm³/mol. The molecule has 0 aliphatic carbocycles. The van der Waals surface area contributed by atoms with Crippen molar-refractivity contribution in [3.05, 3.63) is 41.2 Å². The van der Waals surface area contributed by atoms with Crippen LogP contribution in [0.2, 0.25) is 5.02 Å². The first kappa shape index (κ1) is 13.0. The summed E-state index contributed by atoms with van der Waals surface area (Å²) in [5, 5.41) is 13.6. The highest BCUT2D eigenvalue weighted by atomic mass is 35.5. The molecule has 1 aromatic heterocycles. The molecule has 0 atom stereocenters. The van der Waals surface area contributed by atoms with E-state index in [0.717, 1.165) is 20.5 Å². The Bertz CT molecular complexity index is 569. The fraction of sp³-hybridized carbons (Fsp3) is 0.231. The van der Waals surface area contributed by atoms with E-state index in [1.54, 1.807) is 11.8 Å². The lowest BCUT2D eigenvalue weighted by atomic mass is 10.4. The quantitative estimate of drug-likeness (QED) is 0.851. The number of hydrogen-bond donors (Lipinski definition) is 0. The summed E-state index contributed by atoms with van der Waals surface area (Å²) in [6, 6.07) is 9.85. The molecule has 0 saturated carbocycles. The lowest BCUT2D eigenvalue weighted by Crippen LogP contribution is -2.01. The van der Waals surface area contributed by atoms with Crippen LogP contribution in [0.25, 0.3) is 0 Å². The number of nitriles is 1. The second-order valence-electron chi connectivity index (χ2n) is 3.78. The first-order chi connectivity index (χ1) is 8.70. The van der Waals surface area contributed by atoms with Gasteiger partial charge < -0.3 is 0 Å². The van der Waals surface area contributed by atoms with Crippen LogP contribution in [0.1, 0.15) is 12.1 Å². The molecular formula is C13H12ClN3S. The van der Waals surface area contributed by atoms with Crippen LogP contribution in [-0.2, 0) is 6.54 Å². The molecule has 5 heteroatoms. The molecule has 18 heavy (non-hydrogen) atoms. The average molecular weight is 278 g/mol. The van der Waals surface area contributed by atoms with Gasteiger partial charge in [-0.2, -0.15) is 10.4 Å². The molecule has 1 aromatic carbocycles. The van der Waals surface area contributed by atoms with Crippen LogP contribution in [0.4, 0.5) is 0 Å². The number of aryl methyl sites for hydroxylation is 1. The number of aromatic nitrogens is 2. The van der Waals surface area contributed by atoms with E-state index in [2.05, 4.69) is 11.2 Å². The molecule has 0 spiro atoms. The molecule has 2 aromatic rings. The Hall–Kier alpha value is -1.44. The van der Waals surface area contributed by atoms with E-state index in [1.165, 1.54) is 0 Å². The van der Waals surface area contributed by atoms with Gasteiger partial charge in [0, 0.05) is 15.6 Å². The molecule has 0 fully saturated rings. The van der Waals surface area contributed by atoms with Crippen molar-refractivity contribution in [3.8, 4) is 6.07 Å². The van der Waals surface area contributed by atoms with E-state index < -0.39 is 0 Å². The van der Waals surface area contributed by atoms with Crippen LogP contribution in [0.15, 0.2) is 40.3 Å². The second kappa shape index (κ2) is 5.94. The van der Waals surface area contributed by atoms with Gasteiger partial charge in [0.05, 0.1) is 30.1 Å². The zero-order chi connectivity index (χ0) is 13.0. The van der Waals surface area contributed by atoms with E-state index in [0.29, 0.717) is 13.0 Å². The van der Waals surface area contributed by atoms with Crippen molar-refractivity contribution >= 4 is 23.4 Å². The van der Waals surface area contributed by atoms with Gasteiger partial charge in [0.25, 0.3) is 0 Å². The van der Waals surface area contributed by atoms with E-state index >= 15 is 0 Å². The summed E-state index contributed by atoms with van der Waals surface area (Å²) in [7, 11) is 0. The number of nitrogens with zero attached hydrogens (tertiary/aromatic N) is 3. The van der Waals surface area contributed by atoms with Gasteiger partial charge in [0.2, 0.25) is 0 Å². The minimum atomic E-state index is 0.480. The maximum atomic E-state index is 8.58. The second-order valence-corrected chi connectivity index (χ2v) is 5.33. The molecule has 0 radical (unpaired) electrons. The van der Waals surface area contributed by atoms with Crippen molar-refractivity contribution in [1.82, 2.24) is 9.78 Å². The van der Waals surface area contributed by atoms with Gasteiger partial charge in [0.15, 0.2) is 0 Å². The minimum absolute atomic E-state index is 0.480. The highest BCUT2D eigenvalue weighted by Gasteiger charge is 2.07. The van der Waals surface area contributed by atoms with Crippen LogP contribution in [0, 0.1) is 18.3 Å². The lowest BCUT2D eigenvalue weighted by molar-refractivity contribution is 0.608. The molecule has 3 nitrogen and oxygen atoms in total. The lowest BCUT2D eigenvalue weighted by Gasteiger charge is -2.03. The Morgan fingerprint density at radius 2 is 2.11 bits per heavy atom. The summed E-state index contributed by atoms with van der Waals surface area (Å²) in [6.07, 6.45) is 2.32. The zero-order valence-corrected chi connectivity index (χ0v) is 11.5. The SMILES string of the molecule is Cc1c(Sc2ccc(Cl)cc2)cnn1CCC#N. The smallest absolute Gasteiger partial charge is 0.0641 e. The molecule has 0 saturated heterocycles. The van der Waals surface area contributed by atoms with E-state index in [-0.39, 0.29) is 0 Å². The Morgan fingerprint density at radius 3 is 2.78 bits per heavy atom. The van der Waals surface area contributed by atoms with Crippen molar-refractivity contribution in [2.24, 2.45) is 0 Å². The summed E-state index contributed by atoms with van der Waals surface area (Å²) >= 11 is 7.50. The van der Waals surface area contributed by atoms with Gasteiger partial charge in [-0.15, -0.1) is 0 Å². The molecule has 0 aliphatic rings. The van der Waals surface area contributed by atoms with E-state index in [9.17, 15) is 0 Å². The van der Waals surface area contributed by atoms with Crippen LogP contribution in [0.5, 0.6) is 0 Å². The molecule has 92 valence electrons. The van der Waals surface area contributed by atoms with Crippen molar-refractivity contribution < 1.29 is 0 Å². The van der Waals surface area contributed by atoms with Crippen LogP contribution >= 0.6 is 23.4 Å². The maximum Gasteiger partial charge on any atom is 0.0641 e. The Labute approximate surface area is 115 Å². The highest BCUT2D eigenvalue weighted by molar-refractivity contribution is 7.99. The summed E-state index contributed by atoms with van der Waals surface area (Å²) in [4.78, 5) is 2.23. The minimum Gasteiger partial charge on any atom is -0.268 e. The van der Waals surface area contributed by atoms with Crippen LogP contribution in [-0.4, -0.2) is 9.78 Å². The molecule has 1 heterocycles. The van der Waals surface area contributed by atoms with Gasteiger partial charge in [-0.3, -0.25) is 4.68 Å². The first-order valence-electron chi connectivity index (χ1n) is 5.53. The number of hydrogen-bond acceptors (Lipinski definition) is 3. The summed E-state index contributed by atoms with van der Waals surface area (Å²) in [5.41, 5.74) is 1.09. The fourth-order valence-electron chi connectivity index (χ4n) is 1.54. The maximum absolute atomic E-state index is 8.58. The van der Waals surface area contributed by atoms with Gasteiger partial charge in [-0.25, -0.2) is 0 Å². The van der Waals surface area contributed by atoms with Gasteiger partial charge >= 0.3 is 0 Å². The van der Waals surface area contributed by atoms with Gasteiger partial charge in [-0.1, -0.05) is 23.4 Å². The van der Waals surface area contributed by atoms with Crippen LogP contribution < -0.4 is 0 Å². The average Bonchev–Trinajstić information content (AvgIpc) is 2.71. The number of benzene rings is 1. The third-order valence-corrected chi connectivity index (χ3v) is 3.92. The molecule has 0 unspecified atom stereocenters. The monoisotopic (exact) mass is 277 g/mol. The first-order valence-corrected chi connectivity index (χ1v) is 6.73. The van der Waals surface area contributed by atoms with Crippen molar-refractivity contribution in [1.29, 1.82) is 5.26 Å². The molecule has 0 amide bonds. The molecule has 0 N–H and O–H groups in total. The third kappa shape index (κ3) is 3.06. The van der Waals surface area contributed by atoms with E-state index in [4.69, 9.17) is 16.9 Å². The van der Waals surface area contributed by atoms with Gasteiger partial charge in [-0.05, 0) is 31.2 Å². The summed E-state index contributed by atoms with van der Waals surface area (Å²) in [5.74, 6) is 0. The highest BCUT2D eigenvalue weighted by Crippen LogP contribution is 2.30. The zero-order valence-electron chi connectivity index (χ0n) is 9.93. The normalized spacial score (nSPS) is 10.3. The Morgan fingerprint density at radius 1 is 1.39 bits per heavy atom. The Kier molecular flexibility index (Phi) is 4.29. The topological polar surface area (TPSA) is 41.6 Å². The number of halogens is 1. The number of rotatable bonds is 4. The van der Waals surface area contributed by atoms with Crippen molar-refractivity contribution in [2.45, 2.75) is 29.7 Å². The van der Waals surface area contributed by atoms with Crippen LogP contribution in [0.3, 0.4) is 0 Å². The molecule has 0 aliphatic heterocycles. The Balaban J connectivity index is 2.12. The standard InChI is InChI=1S/C13H12ClN3S/c1-10-13(9-16-17(10)8-2-7-15)18-12-5-3-11(14)4-6-12/h3-6,9H,2,8H2,1H3. The largest absolute Gasteiger partial charge is 0.268 e. The summed E-state index contributed by atoms with van der Waals surface area (Å²) in [6.45, 7) is 2.66. The van der Waals surface area contributed by atoms with Crippen molar-refractivity contribution in [3.63, 3.8) is 0 Å².